The van der Waals surface area contributed by atoms with Crippen LogP contribution in [0.25, 0.3) is 22.3 Å². The maximum absolute atomic E-state index is 13.2. The summed E-state index contributed by atoms with van der Waals surface area (Å²) in [5, 5.41) is 3.06. The van der Waals surface area contributed by atoms with Gasteiger partial charge in [-0.2, -0.15) is 0 Å². The zero-order chi connectivity index (χ0) is 21.8. The Balaban J connectivity index is 1.73. The highest BCUT2D eigenvalue weighted by Crippen LogP contribution is 2.31. The van der Waals surface area contributed by atoms with Crippen molar-refractivity contribution in [3.05, 3.63) is 94.9 Å². The molecule has 0 saturated heterocycles. The normalized spacial score (nSPS) is 11.8. The first kappa shape index (κ1) is 20.3. The molecule has 5 nitrogen and oxygen atoms in total. The first-order valence-corrected chi connectivity index (χ1v) is 9.91. The van der Waals surface area contributed by atoms with E-state index in [0.29, 0.717) is 28.6 Å². The molecule has 31 heavy (non-hydrogen) atoms. The van der Waals surface area contributed by atoms with Crippen LogP contribution in [-0.2, 0) is 4.79 Å². The fourth-order valence-corrected chi connectivity index (χ4v) is 3.23. The minimum Gasteiger partial charge on any atom is -0.473 e. The van der Waals surface area contributed by atoms with E-state index in [1.54, 1.807) is 43.3 Å². The molecule has 1 amide bonds. The number of carbonyl (C=O) groups excluding carboxylic acids is 1. The number of hydrogen-bond donors (Lipinski definition) is 1. The van der Waals surface area contributed by atoms with Gasteiger partial charge in [-0.3, -0.25) is 9.59 Å². The molecule has 0 aliphatic rings. The van der Waals surface area contributed by atoms with Crippen molar-refractivity contribution in [2.45, 2.75) is 19.4 Å². The lowest BCUT2D eigenvalue weighted by molar-refractivity contribution is -0.122. The second kappa shape index (κ2) is 8.83. The summed E-state index contributed by atoms with van der Waals surface area (Å²) >= 11 is 0. The molecule has 1 unspecified atom stereocenters. The molecule has 0 radical (unpaired) electrons. The van der Waals surface area contributed by atoms with Gasteiger partial charge in [-0.1, -0.05) is 49.4 Å². The Hall–Kier alpha value is -3.93. The standard InChI is InChI=1S/C25H20FNO4/c1-2-20(25(29)27-18-14-12-17(26)13-15-18)30-24-22(28)19-10-6-7-11-21(19)31-23(24)16-8-4-3-5-9-16/h3-15,20H,2H2,1H3,(H,27,29). The second-order valence-electron chi connectivity index (χ2n) is 6.96. The van der Waals surface area contributed by atoms with Gasteiger partial charge in [0.05, 0.1) is 5.39 Å². The van der Waals surface area contributed by atoms with Gasteiger partial charge in [0.15, 0.2) is 11.9 Å². The van der Waals surface area contributed by atoms with Gasteiger partial charge >= 0.3 is 0 Å². The maximum atomic E-state index is 13.2. The molecular weight excluding hydrogens is 397 g/mol. The van der Waals surface area contributed by atoms with E-state index in [0.717, 1.165) is 0 Å². The lowest BCUT2D eigenvalue weighted by atomic mass is 10.1. The molecule has 0 saturated carbocycles. The summed E-state index contributed by atoms with van der Waals surface area (Å²) < 4.78 is 25.1. The molecule has 6 heteroatoms. The fraction of sp³-hybridized carbons (Fsp3) is 0.120. The van der Waals surface area contributed by atoms with Crippen molar-refractivity contribution in [1.29, 1.82) is 0 Å². The minimum atomic E-state index is -0.948. The topological polar surface area (TPSA) is 68.5 Å². The predicted molar refractivity (Wildman–Crippen MR) is 118 cm³/mol. The minimum absolute atomic E-state index is 0.0222. The van der Waals surface area contributed by atoms with Crippen LogP contribution in [0, 0.1) is 5.82 Å². The zero-order valence-electron chi connectivity index (χ0n) is 16.8. The molecule has 1 aromatic heterocycles. The highest BCUT2D eigenvalue weighted by atomic mass is 19.1. The van der Waals surface area contributed by atoms with E-state index >= 15 is 0 Å². The summed E-state index contributed by atoms with van der Waals surface area (Å²) in [4.78, 5) is 26.0. The van der Waals surface area contributed by atoms with Crippen molar-refractivity contribution in [3.63, 3.8) is 0 Å². The number of hydrogen-bond acceptors (Lipinski definition) is 4. The van der Waals surface area contributed by atoms with E-state index in [2.05, 4.69) is 5.32 Å². The van der Waals surface area contributed by atoms with Crippen LogP contribution in [0.1, 0.15) is 13.3 Å². The summed E-state index contributed by atoms with van der Waals surface area (Å²) in [6.45, 7) is 1.78. The molecular formula is C25H20FNO4. The van der Waals surface area contributed by atoms with Crippen molar-refractivity contribution >= 4 is 22.6 Å². The number of amides is 1. The third kappa shape index (κ3) is 4.33. The maximum Gasteiger partial charge on any atom is 0.265 e. The number of ether oxygens (including phenoxy) is 1. The number of benzene rings is 3. The van der Waals surface area contributed by atoms with Crippen LogP contribution in [-0.4, -0.2) is 12.0 Å². The Morgan fingerprint density at radius 1 is 1.00 bits per heavy atom. The Morgan fingerprint density at radius 2 is 1.68 bits per heavy atom. The molecule has 1 heterocycles. The van der Waals surface area contributed by atoms with E-state index in [1.165, 1.54) is 24.3 Å². The van der Waals surface area contributed by atoms with Gasteiger partial charge in [0.1, 0.15) is 11.4 Å². The van der Waals surface area contributed by atoms with Crippen molar-refractivity contribution in [1.82, 2.24) is 0 Å². The smallest absolute Gasteiger partial charge is 0.265 e. The number of anilines is 1. The van der Waals surface area contributed by atoms with E-state index in [4.69, 9.17) is 9.15 Å². The van der Waals surface area contributed by atoms with Crippen molar-refractivity contribution < 1.29 is 18.3 Å². The number of fused-ring (bicyclic) bond motifs is 1. The van der Waals surface area contributed by atoms with Crippen LogP contribution in [0.5, 0.6) is 5.75 Å². The molecule has 0 bridgehead atoms. The lowest BCUT2D eigenvalue weighted by Gasteiger charge is -2.19. The Kier molecular flexibility index (Phi) is 5.80. The van der Waals surface area contributed by atoms with Gasteiger partial charge in [-0.05, 0) is 42.8 Å². The highest BCUT2D eigenvalue weighted by Gasteiger charge is 2.25. The predicted octanol–water partition coefficient (Wildman–Crippen LogP) is 5.40. The quantitative estimate of drug-likeness (QED) is 0.456. The number of carbonyl (C=O) groups is 1. The van der Waals surface area contributed by atoms with Crippen LogP contribution >= 0.6 is 0 Å². The third-order valence-corrected chi connectivity index (χ3v) is 4.83. The molecule has 0 fully saturated rings. The third-order valence-electron chi connectivity index (χ3n) is 4.83. The molecule has 1 N–H and O–H groups in total. The van der Waals surface area contributed by atoms with Gasteiger partial charge < -0.3 is 14.5 Å². The summed E-state index contributed by atoms with van der Waals surface area (Å²) in [6, 6.07) is 21.4. The van der Waals surface area contributed by atoms with Gasteiger partial charge in [-0.25, -0.2) is 4.39 Å². The van der Waals surface area contributed by atoms with Gasteiger partial charge in [0.2, 0.25) is 11.2 Å². The number of para-hydroxylation sites is 1. The number of halogens is 1. The SMILES string of the molecule is CCC(Oc1c(-c2ccccc2)oc2ccccc2c1=O)C(=O)Nc1ccc(F)cc1. The average molecular weight is 417 g/mol. The van der Waals surface area contributed by atoms with Crippen molar-refractivity contribution in [2.75, 3.05) is 5.32 Å². The van der Waals surface area contributed by atoms with E-state index < -0.39 is 17.8 Å². The lowest BCUT2D eigenvalue weighted by Crippen LogP contribution is -2.34. The second-order valence-corrected chi connectivity index (χ2v) is 6.96. The van der Waals surface area contributed by atoms with Crippen LogP contribution in [0.3, 0.4) is 0 Å². The molecule has 0 aliphatic heterocycles. The van der Waals surface area contributed by atoms with Crippen LogP contribution < -0.4 is 15.5 Å². The number of rotatable bonds is 6. The Bertz CT molecular complexity index is 1270. The van der Waals surface area contributed by atoms with E-state index in [-0.39, 0.29) is 16.9 Å². The molecule has 4 aromatic rings. The Morgan fingerprint density at radius 3 is 2.39 bits per heavy atom. The molecule has 4 rings (SSSR count). The zero-order valence-corrected chi connectivity index (χ0v) is 16.8. The molecule has 0 spiro atoms. The summed E-state index contributed by atoms with van der Waals surface area (Å²) in [5.74, 6) is -0.605. The molecule has 1 atom stereocenters. The largest absolute Gasteiger partial charge is 0.473 e. The van der Waals surface area contributed by atoms with E-state index in [9.17, 15) is 14.0 Å². The Labute approximate surface area is 178 Å². The molecule has 0 aliphatic carbocycles. The molecule has 3 aromatic carbocycles. The average Bonchev–Trinajstić information content (AvgIpc) is 2.80. The first-order chi connectivity index (χ1) is 15.1. The summed E-state index contributed by atoms with van der Waals surface area (Å²) in [7, 11) is 0. The van der Waals surface area contributed by atoms with Crippen molar-refractivity contribution in [2.24, 2.45) is 0 Å². The molecule has 156 valence electrons. The van der Waals surface area contributed by atoms with Crippen molar-refractivity contribution in [3.8, 4) is 17.1 Å². The summed E-state index contributed by atoms with van der Waals surface area (Å²) in [6.07, 6.45) is -0.635. The van der Waals surface area contributed by atoms with Gasteiger partial charge in [0.25, 0.3) is 5.91 Å². The van der Waals surface area contributed by atoms with Crippen LogP contribution in [0.4, 0.5) is 10.1 Å². The van der Waals surface area contributed by atoms with Crippen LogP contribution in [0.2, 0.25) is 0 Å². The van der Waals surface area contributed by atoms with Crippen LogP contribution in [0.15, 0.2) is 88.1 Å². The fourth-order valence-electron chi connectivity index (χ4n) is 3.23. The van der Waals surface area contributed by atoms with E-state index in [1.807, 2.05) is 18.2 Å². The van der Waals surface area contributed by atoms with Gasteiger partial charge in [-0.15, -0.1) is 0 Å². The first-order valence-electron chi connectivity index (χ1n) is 9.91. The van der Waals surface area contributed by atoms with Gasteiger partial charge in [0, 0.05) is 11.3 Å². The summed E-state index contributed by atoms with van der Waals surface area (Å²) in [5.41, 5.74) is 1.17. The number of nitrogens with one attached hydrogen (secondary N) is 1. The monoisotopic (exact) mass is 417 g/mol. The highest BCUT2D eigenvalue weighted by molar-refractivity contribution is 5.94.